The van der Waals surface area contributed by atoms with Crippen LogP contribution in [-0.4, -0.2) is 10.8 Å². The van der Waals surface area contributed by atoms with E-state index in [0.717, 1.165) is 25.1 Å². The van der Waals surface area contributed by atoms with Crippen LogP contribution in [0, 0.1) is 6.92 Å². The van der Waals surface area contributed by atoms with Crippen molar-refractivity contribution in [1.82, 2.24) is 4.98 Å². The number of ketones is 1. The van der Waals surface area contributed by atoms with Gasteiger partial charge in [0.2, 0.25) is 5.78 Å². The van der Waals surface area contributed by atoms with Gasteiger partial charge in [0.1, 0.15) is 0 Å². The molecule has 0 fully saturated rings. The molecule has 2 aromatic heterocycles. The number of aryl methyl sites for hydroxylation is 1. The van der Waals surface area contributed by atoms with Crippen molar-refractivity contribution < 1.29 is 4.79 Å². The standard InChI is InChI=1S/C15H10BrNOS/c1-9-7-13(19-15(9)16)14(18)11-4-5-12-10(8-11)3-2-6-17-12/h2-8H,1H3. The Balaban J connectivity index is 2.06. The summed E-state index contributed by atoms with van der Waals surface area (Å²) < 4.78 is 1.01. The predicted octanol–water partition coefficient (Wildman–Crippen LogP) is 4.60. The van der Waals surface area contributed by atoms with Gasteiger partial charge in [-0.05, 0) is 58.7 Å². The molecule has 4 heteroatoms. The van der Waals surface area contributed by atoms with E-state index in [1.807, 2.05) is 43.3 Å². The zero-order valence-corrected chi connectivity index (χ0v) is 12.6. The normalized spacial score (nSPS) is 10.8. The third kappa shape index (κ3) is 2.33. The van der Waals surface area contributed by atoms with Gasteiger partial charge in [-0.2, -0.15) is 0 Å². The summed E-state index contributed by atoms with van der Waals surface area (Å²) in [6, 6.07) is 11.4. The van der Waals surface area contributed by atoms with E-state index in [1.165, 1.54) is 11.3 Å². The van der Waals surface area contributed by atoms with Crippen LogP contribution in [0.5, 0.6) is 0 Å². The molecule has 0 atom stereocenters. The summed E-state index contributed by atoms with van der Waals surface area (Å²) in [5, 5.41) is 0.987. The fourth-order valence-corrected chi connectivity index (χ4v) is 3.43. The van der Waals surface area contributed by atoms with Gasteiger partial charge in [-0.3, -0.25) is 9.78 Å². The summed E-state index contributed by atoms with van der Waals surface area (Å²) in [6.45, 7) is 1.99. The number of fused-ring (bicyclic) bond motifs is 1. The van der Waals surface area contributed by atoms with E-state index in [4.69, 9.17) is 0 Å². The second-order valence-electron chi connectivity index (χ2n) is 4.31. The Morgan fingerprint density at radius 3 is 2.84 bits per heavy atom. The van der Waals surface area contributed by atoms with E-state index >= 15 is 0 Å². The Morgan fingerprint density at radius 1 is 1.26 bits per heavy atom. The summed E-state index contributed by atoms with van der Waals surface area (Å²) in [5.41, 5.74) is 2.70. The summed E-state index contributed by atoms with van der Waals surface area (Å²) in [4.78, 5) is 17.4. The molecule has 1 aromatic carbocycles. The molecule has 2 nitrogen and oxygen atoms in total. The van der Waals surface area contributed by atoms with E-state index in [9.17, 15) is 4.79 Å². The highest BCUT2D eigenvalue weighted by atomic mass is 79.9. The number of halogens is 1. The zero-order valence-electron chi connectivity index (χ0n) is 10.2. The molecule has 0 aliphatic heterocycles. The Labute approximate surface area is 123 Å². The maximum Gasteiger partial charge on any atom is 0.203 e. The number of rotatable bonds is 2. The first kappa shape index (κ1) is 12.5. The smallest absolute Gasteiger partial charge is 0.203 e. The SMILES string of the molecule is Cc1cc(C(=O)c2ccc3ncccc3c2)sc1Br. The number of nitrogens with zero attached hydrogens (tertiary/aromatic N) is 1. The van der Waals surface area contributed by atoms with E-state index in [1.54, 1.807) is 6.20 Å². The van der Waals surface area contributed by atoms with Crippen molar-refractivity contribution in [2.45, 2.75) is 6.92 Å². The van der Waals surface area contributed by atoms with Crippen LogP contribution in [0.2, 0.25) is 0 Å². The Bertz CT molecular complexity index is 759. The topological polar surface area (TPSA) is 30.0 Å². The Hall–Kier alpha value is -1.52. The molecule has 3 rings (SSSR count). The van der Waals surface area contributed by atoms with Crippen LogP contribution in [0.4, 0.5) is 0 Å². The van der Waals surface area contributed by atoms with E-state index < -0.39 is 0 Å². The van der Waals surface area contributed by atoms with Gasteiger partial charge in [0.05, 0.1) is 14.2 Å². The van der Waals surface area contributed by atoms with Gasteiger partial charge in [-0.1, -0.05) is 6.07 Å². The first-order valence-electron chi connectivity index (χ1n) is 5.80. The van der Waals surface area contributed by atoms with E-state index in [2.05, 4.69) is 20.9 Å². The quantitative estimate of drug-likeness (QED) is 0.642. The Morgan fingerprint density at radius 2 is 2.11 bits per heavy atom. The number of benzene rings is 1. The molecular weight excluding hydrogens is 322 g/mol. The summed E-state index contributed by atoms with van der Waals surface area (Å²) in [6.07, 6.45) is 1.75. The first-order chi connectivity index (χ1) is 9.15. The molecule has 19 heavy (non-hydrogen) atoms. The number of hydrogen-bond acceptors (Lipinski definition) is 3. The van der Waals surface area contributed by atoms with Crippen molar-refractivity contribution in [3.05, 3.63) is 62.4 Å². The first-order valence-corrected chi connectivity index (χ1v) is 7.41. The molecule has 0 radical (unpaired) electrons. The largest absolute Gasteiger partial charge is 0.288 e. The van der Waals surface area contributed by atoms with Gasteiger partial charge in [0, 0.05) is 17.1 Å². The lowest BCUT2D eigenvalue weighted by molar-refractivity contribution is 0.104. The summed E-state index contributed by atoms with van der Waals surface area (Å²) in [5.74, 6) is 0.0598. The second-order valence-corrected chi connectivity index (χ2v) is 6.68. The van der Waals surface area contributed by atoms with Crippen LogP contribution in [0.25, 0.3) is 10.9 Å². The third-order valence-corrected chi connectivity index (χ3v) is 5.08. The monoisotopic (exact) mass is 331 g/mol. The van der Waals surface area contributed by atoms with E-state index in [0.29, 0.717) is 5.56 Å². The molecule has 0 amide bonds. The predicted molar refractivity (Wildman–Crippen MR) is 81.9 cm³/mol. The minimum atomic E-state index is 0.0598. The molecule has 0 saturated carbocycles. The third-order valence-electron chi connectivity index (χ3n) is 2.95. The molecular formula is C15H10BrNOS. The summed E-state index contributed by atoms with van der Waals surface area (Å²) in [7, 11) is 0. The molecule has 3 aromatic rings. The van der Waals surface area contributed by atoms with Gasteiger partial charge < -0.3 is 0 Å². The van der Waals surface area contributed by atoms with Gasteiger partial charge >= 0.3 is 0 Å². The summed E-state index contributed by atoms with van der Waals surface area (Å²) >= 11 is 4.93. The fourth-order valence-electron chi connectivity index (χ4n) is 1.93. The molecule has 0 aliphatic carbocycles. The van der Waals surface area contributed by atoms with Crippen LogP contribution < -0.4 is 0 Å². The zero-order chi connectivity index (χ0) is 13.4. The number of aromatic nitrogens is 1. The van der Waals surface area contributed by atoms with Crippen LogP contribution in [0.3, 0.4) is 0 Å². The molecule has 0 N–H and O–H groups in total. The number of pyridine rings is 1. The van der Waals surface area contributed by atoms with Crippen LogP contribution in [0.15, 0.2) is 46.4 Å². The van der Waals surface area contributed by atoms with Crippen LogP contribution in [-0.2, 0) is 0 Å². The molecule has 2 heterocycles. The fraction of sp³-hybridized carbons (Fsp3) is 0.0667. The molecule has 0 bridgehead atoms. The van der Waals surface area contributed by atoms with Gasteiger partial charge in [0.15, 0.2) is 0 Å². The van der Waals surface area contributed by atoms with Crippen LogP contribution in [0.1, 0.15) is 20.8 Å². The molecule has 0 aliphatic rings. The maximum absolute atomic E-state index is 12.4. The van der Waals surface area contributed by atoms with Crippen molar-refractivity contribution in [1.29, 1.82) is 0 Å². The minimum absolute atomic E-state index is 0.0598. The van der Waals surface area contributed by atoms with Crippen LogP contribution >= 0.6 is 27.3 Å². The van der Waals surface area contributed by atoms with Crippen molar-refractivity contribution in [3.8, 4) is 0 Å². The van der Waals surface area contributed by atoms with Crippen molar-refractivity contribution in [2.75, 3.05) is 0 Å². The number of thiophene rings is 1. The van der Waals surface area contributed by atoms with Gasteiger partial charge in [-0.25, -0.2) is 0 Å². The average molecular weight is 332 g/mol. The molecule has 0 spiro atoms. The lowest BCUT2D eigenvalue weighted by Gasteiger charge is -2.01. The number of carbonyl (C=O) groups excluding carboxylic acids is 1. The number of hydrogen-bond donors (Lipinski definition) is 0. The van der Waals surface area contributed by atoms with Gasteiger partial charge in [0.25, 0.3) is 0 Å². The number of carbonyl (C=O) groups is 1. The minimum Gasteiger partial charge on any atom is -0.288 e. The van der Waals surface area contributed by atoms with Crippen molar-refractivity contribution >= 4 is 44.0 Å². The van der Waals surface area contributed by atoms with Gasteiger partial charge in [-0.15, -0.1) is 11.3 Å². The molecule has 0 saturated heterocycles. The van der Waals surface area contributed by atoms with E-state index in [-0.39, 0.29) is 5.78 Å². The second kappa shape index (κ2) is 4.87. The highest BCUT2D eigenvalue weighted by Crippen LogP contribution is 2.29. The molecule has 0 unspecified atom stereocenters. The average Bonchev–Trinajstić information content (AvgIpc) is 2.77. The highest BCUT2D eigenvalue weighted by Gasteiger charge is 2.13. The van der Waals surface area contributed by atoms with Crippen molar-refractivity contribution in [3.63, 3.8) is 0 Å². The lowest BCUT2D eigenvalue weighted by Crippen LogP contribution is -1.98. The van der Waals surface area contributed by atoms with Crippen molar-refractivity contribution in [2.24, 2.45) is 0 Å². The lowest BCUT2D eigenvalue weighted by atomic mass is 10.1. The highest BCUT2D eigenvalue weighted by molar-refractivity contribution is 9.11. The molecule has 94 valence electrons. The Kier molecular flexibility index (Phi) is 3.21. The maximum atomic E-state index is 12.4.